The highest BCUT2D eigenvalue weighted by atomic mass is 14.9. The van der Waals surface area contributed by atoms with Gasteiger partial charge in [-0.3, -0.25) is 0 Å². The van der Waals surface area contributed by atoms with Crippen LogP contribution in [0.25, 0.3) is 10.8 Å². The van der Waals surface area contributed by atoms with Crippen LogP contribution < -0.4 is 5.32 Å². The summed E-state index contributed by atoms with van der Waals surface area (Å²) in [5.41, 5.74) is 1.52. The van der Waals surface area contributed by atoms with E-state index in [0.717, 1.165) is 5.92 Å². The van der Waals surface area contributed by atoms with Crippen molar-refractivity contribution in [2.24, 2.45) is 5.92 Å². The molecule has 2 aromatic carbocycles. The Bertz CT molecular complexity index is 527. The van der Waals surface area contributed by atoms with Crippen molar-refractivity contribution in [2.75, 3.05) is 6.54 Å². The van der Waals surface area contributed by atoms with Crippen molar-refractivity contribution in [1.29, 1.82) is 0 Å². The quantitative estimate of drug-likeness (QED) is 0.841. The van der Waals surface area contributed by atoms with Crippen LogP contribution in [0.15, 0.2) is 42.5 Å². The molecule has 1 aliphatic rings. The molecule has 2 atom stereocenters. The first-order valence-corrected chi connectivity index (χ1v) is 7.03. The Kier molecular flexibility index (Phi) is 3.33. The summed E-state index contributed by atoms with van der Waals surface area (Å²) in [6.45, 7) is 3.48. The van der Waals surface area contributed by atoms with E-state index in [4.69, 9.17) is 0 Å². The van der Waals surface area contributed by atoms with E-state index in [1.54, 1.807) is 0 Å². The molecule has 1 nitrogen and oxygen atoms in total. The second-order valence-corrected chi connectivity index (χ2v) is 5.59. The van der Waals surface area contributed by atoms with Gasteiger partial charge in [-0.15, -0.1) is 0 Å². The van der Waals surface area contributed by atoms with E-state index in [1.807, 2.05) is 0 Å². The van der Waals surface area contributed by atoms with Gasteiger partial charge in [0.2, 0.25) is 0 Å². The summed E-state index contributed by atoms with van der Waals surface area (Å²) in [4.78, 5) is 0. The maximum atomic E-state index is 3.53. The van der Waals surface area contributed by atoms with Crippen LogP contribution in [0.1, 0.15) is 25.3 Å². The largest absolute Gasteiger partial charge is 0.314 e. The Hall–Kier alpha value is -1.34. The van der Waals surface area contributed by atoms with Crippen molar-refractivity contribution in [2.45, 2.75) is 32.2 Å². The minimum atomic E-state index is 0.679. The fourth-order valence-corrected chi connectivity index (χ4v) is 3.20. The lowest BCUT2D eigenvalue weighted by Crippen LogP contribution is -2.36. The van der Waals surface area contributed by atoms with Crippen LogP contribution in [0.5, 0.6) is 0 Å². The van der Waals surface area contributed by atoms with Crippen LogP contribution in [0.3, 0.4) is 0 Å². The zero-order valence-electron chi connectivity index (χ0n) is 11.0. The Morgan fingerprint density at radius 1 is 1.11 bits per heavy atom. The summed E-state index contributed by atoms with van der Waals surface area (Å²) >= 11 is 0. The van der Waals surface area contributed by atoms with E-state index in [9.17, 15) is 0 Å². The number of fused-ring (bicyclic) bond motifs is 1. The summed E-state index contributed by atoms with van der Waals surface area (Å²) < 4.78 is 0. The number of hydrogen-bond acceptors (Lipinski definition) is 1. The third-order valence-corrected chi connectivity index (χ3v) is 4.12. The average molecular weight is 239 g/mol. The molecule has 1 aliphatic heterocycles. The van der Waals surface area contributed by atoms with Crippen molar-refractivity contribution in [3.63, 3.8) is 0 Å². The van der Waals surface area contributed by atoms with Gasteiger partial charge in [-0.05, 0) is 55.0 Å². The van der Waals surface area contributed by atoms with Crippen molar-refractivity contribution in [3.8, 4) is 0 Å². The van der Waals surface area contributed by atoms with Gasteiger partial charge in [0.15, 0.2) is 0 Å². The predicted octanol–water partition coefficient (Wildman–Crippen LogP) is 3.77. The first-order valence-electron chi connectivity index (χ1n) is 7.03. The predicted molar refractivity (Wildman–Crippen MR) is 77.8 cm³/mol. The number of piperidine rings is 1. The summed E-state index contributed by atoms with van der Waals surface area (Å²) in [7, 11) is 0. The first-order chi connectivity index (χ1) is 8.83. The summed E-state index contributed by atoms with van der Waals surface area (Å²) in [6.07, 6.45) is 3.85. The molecule has 0 bridgehead atoms. The van der Waals surface area contributed by atoms with Gasteiger partial charge in [-0.1, -0.05) is 42.5 Å². The number of nitrogens with one attached hydrogen (secondary N) is 1. The van der Waals surface area contributed by atoms with E-state index in [1.165, 1.54) is 42.1 Å². The highest BCUT2D eigenvalue weighted by Gasteiger charge is 2.19. The molecule has 0 saturated carbocycles. The van der Waals surface area contributed by atoms with Gasteiger partial charge < -0.3 is 5.32 Å². The van der Waals surface area contributed by atoms with Gasteiger partial charge in [0.25, 0.3) is 0 Å². The van der Waals surface area contributed by atoms with Gasteiger partial charge in [0.1, 0.15) is 0 Å². The monoisotopic (exact) mass is 239 g/mol. The second kappa shape index (κ2) is 5.11. The molecule has 1 fully saturated rings. The number of benzene rings is 2. The van der Waals surface area contributed by atoms with Crippen LogP contribution in [0, 0.1) is 5.92 Å². The average Bonchev–Trinajstić information content (AvgIpc) is 2.39. The van der Waals surface area contributed by atoms with Crippen molar-refractivity contribution in [1.82, 2.24) is 5.32 Å². The maximum Gasteiger partial charge on any atom is 0.00414 e. The van der Waals surface area contributed by atoms with E-state index < -0.39 is 0 Å². The molecule has 0 amide bonds. The molecule has 1 heterocycles. The Morgan fingerprint density at radius 2 is 1.94 bits per heavy atom. The molecule has 0 spiro atoms. The molecule has 0 aromatic heterocycles. The molecular weight excluding hydrogens is 218 g/mol. The van der Waals surface area contributed by atoms with Crippen LogP contribution >= 0.6 is 0 Å². The molecular formula is C17H21N. The van der Waals surface area contributed by atoms with E-state index in [2.05, 4.69) is 54.7 Å². The van der Waals surface area contributed by atoms with Crippen molar-refractivity contribution < 1.29 is 0 Å². The molecule has 0 radical (unpaired) electrons. The van der Waals surface area contributed by atoms with Gasteiger partial charge >= 0.3 is 0 Å². The number of rotatable bonds is 2. The molecule has 2 unspecified atom stereocenters. The van der Waals surface area contributed by atoms with Gasteiger partial charge in [0.05, 0.1) is 0 Å². The van der Waals surface area contributed by atoms with Gasteiger partial charge in [-0.25, -0.2) is 0 Å². The topological polar surface area (TPSA) is 12.0 Å². The van der Waals surface area contributed by atoms with E-state index in [0.29, 0.717) is 6.04 Å². The van der Waals surface area contributed by atoms with Crippen LogP contribution in [-0.4, -0.2) is 12.6 Å². The van der Waals surface area contributed by atoms with Crippen molar-refractivity contribution in [3.05, 3.63) is 48.0 Å². The third-order valence-electron chi connectivity index (χ3n) is 4.12. The third kappa shape index (κ3) is 2.41. The lowest BCUT2D eigenvalue weighted by molar-refractivity contribution is 0.314. The Morgan fingerprint density at radius 3 is 2.83 bits per heavy atom. The second-order valence-electron chi connectivity index (χ2n) is 5.59. The molecule has 2 aromatic rings. The molecule has 1 saturated heterocycles. The summed E-state index contributed by atoms with van der Waals surface area (Å²) in [6, 6.07) is 16.1. The molecule has 0 aliphatic carbocycles. The van der Waals surface area contributed by atoms with E-state index >= 15 is 0 Å². The van der Waals surface area contributed by atoms with Crippen molar-refractivity contribution >= 4 is 10.8 Å². The highest BCUT2D eigenvalue weighted by Crippen LogP contribution is 2.25. The summed E-state index contributed by atoms with van der Waals surface area (Å²) in [5.74, 6) is 0.840. The normalized spacial score (nSPS) is 24.3. The zero-order valence-corrected chi connectivity index (χ0v) is 11.0. The summed E-state index contributed by atoms with van der Waals surface area (Å²) in [5, 5.41) is 6.34. The minimum absolute atomic E-state index is 0.679. The fraction of sp³-hybridized carbons (Fsp3) is 0.412. The van der Waals surface area contributed by atoms with Crippen LogP contribution in [0.2, 0.25) is 0 Å². The molecule has 1 N–H and O–H groups in total. The maximum absolute atomic E-state index is 3.53. The highest BCUT2D eigenvalue weighted by molar-refractivity contribution is 5.85. The van der Waals surface area contributed by atoms with Gasteiger partial charge in [0, 0.05) is 6.04 Å². The molecule has 3 rings (SSSR count). The fourth-order valence-electron chi connectivity index (χ4n) is 3.20. The lowest BCUT2D eigenvalue weighted by Gasteiger charge is -2.28. The lowest BCUT2D eigenvalue weighted by atomic mass is 9.86. The van der Waals surface area contributed by atoms with E-state index in [-0.39, 0.29) is 0 Å². The standard InChI is InChI=1S/C17H21N/c1-13-11-14(9-10-18-13)12-16-7-4-6-15-5-2-3-8-17(15)16/h2-8,13-14,18H,9-12H2,1H3. The Balaban J connectivity index is 1.86. The SMILES string of the molecule is CC1CC(Cc2cccc3ccccc23)CCN1. The Labute approximate surface area is 109 Å². The first kappa shape index (κ1) is 11.7. The van der Waals surface area contributed by atoms with Crippen LogP contribution in [-0.2, 0) is 6.42 Å². The number of hydrogen-bond donors (Lipinski definition) is 1. The molecule has 94 valence electrons. The zero-order chi connectivity index (χ0) is 12.4. The van der Waals surface area contributed by atoms with Gasteiger partial charge in [-0.2, -0.15) is 0 Å². The molecule has 18 heavy (non-hydrogen) atoms. The minimum Gasteiger partial charge on any atom is -0.314 e. The molecule has 1 heteroatoms. The smallest absolute Gasteiger partial charge is 0.00414 e. The van der Waals surface area contributed by atoms with Crippen LogP contribution in [0.4, 0.5) is 0 Å².